The average molecular weight is 687 g/mol. The minimum Gasteiger partial charge on any atom is -0.333 e. The molecule has 1 aromatic heterocycles. The number of para-hydroxylation sites is 1. The number of anilines is 2. The Bertz CT molecular complexity index is 3230. The molecule has 1 atom stereocenters. The molecule has 1 aliphatic carbocycles. The highest BCUT2D eigenvalue weighted by Gasteiger charge is 2.35. The summed E-state index contributed by atoms with van der Waals surface area (Å²) < 4.78 is 2.42. The lowest BCUT2D eigenvalue weighted by Crippen LogP contribution is -2.27. The molecule has 54 heavy (non-hydrogen) atoms. The Morgan fingerprint density at radius 3 is 1.87 bits per heavy atom. The Hall–Kier alpha value is -6.90. The van der Waals surface area contributed by atoms with Crippen molar-refractivity contribution in [3.63, 3.8) is 0 Å². The summed E-state index contributed by atoms with van der Waals surface area (Å²) in [4.78, 5) is 2.58. The van der Waals surface area contributed by atoms with Gasteiger partial charge in [0.05, 0.1) is 17.1 Å². The SMILES string of the molecule is C1=CCC2C(=C1)c1cc(-c3ccc4c(c3)c3ccccc3n4-c3ccc4ccccc4c3)ccc1N2c1ccc2c3ccccc3c3ccccc3c2c1. The fourth-order valence-corrected chi connectivity index (χ4v) is 9.57. The normalized spacial score (nSPS) is 15.1. The van der Waals surface area contributed by atoms with E-state index in [2.05, 4.69) is 198 Å². The van der Waals surface area contributed by atoms with Crippen LogP contribution in [0.4, 0.5) is 11.4 Å². The molecule has 0 fully saturated rings. The molecular weight excluding hydrogens is 653 g/mol. The van der Waals surface area contributed by atoms with Crippen LogP contribution in [-0.2, 0) is 0 Å². The van der Waals surface area contributed by atoms with E-state index in [1.165, 1.54) is 104 Å². The number of nitrogens with zero attached hydrogens (tertiary/aromatic N) is 2. The molecule has 9 aromatic carbocycles. The summed E-state index contributed by atoms with van der Waals surface area (Å²) in [6.07, 6.45) is 7.87. The molecule has 1 unspecified atom stereocenters. The first kappa shape index (κ1) is 29.7. The molecule has 2 heteroatoms. The van der Waals surface area contributed by atoms with Crippen molar-refractivity contribution >= 4 is 81.8 Å². The first-order valence-electron chi connectivity index (χ1n) is 18.9. The van der Waals surface area contributed by atoms with E-state index in [1.54, 1.807) is 0 Å². The number of rotatable bonds is 3. The molecule has 0 N–H and O–H groups in total. The van der Waals surface area contributed by atoms with Crippen molar-refractivity contribution in [1.82, 2.24) is 4.57 Å². The van der Waals surface area contributed by atoms with Crippen LogP contribution in [0.5, 0.6) is 0 Å². The Morgan fingerprint density at radius 2 is 1.06 bits per heavy atom. The Morgan fingerprint density at radius 1 is 0.426 bits per heavy atom. The van der Waals surface area contributed by atoms with E-state index in [-0.39, 0.29) is 6.04 Å². The number of fused-ring (bicyclic) bond motifs is 13. The van der Waals surface area contributed by atoms with Gasteiger partial charge in [0.2, 0.25) is 0 Å². The summed E-state index contributed by atoms with van der Waals surface area (Å²) in [6.45, 7) is 0. The Kier molecular flexibility index (Phi) is 6.20. The molecule has 0 bridgehead atoms. The van der Waals surface area contributed by atoms with Gasteiger partial charge in [-0.25, -0.2) is 0 Å². The van der Waals surface area contributed by atoms with Crippen molar-refractivity contribution in [2.75, 3.05) is 4.90 Å². The molecular formula is C52H34N2. The van der Waals surface area contributed by atoms with Gasteiger partial charge in [-0.05, 0) is 121 Å². The van der Waals surface area contributed by atoms with Crippen molar-refractivity contribution in [1.29, 1.82) is 0 Å². The quantitative estimate of drug-likeness (QED) is 0.168. The molecule has 0 radical (unpaired) electrons. The smallest absolute Gasteiger partial charge is 0.0632 e. The predicted molar refractivity (Wildman–Crippen MR) is 230 cm³/mol. The van der Waals surface area contributed by atoms with E-state index >= 15 is 0 Å². The summed E-state index contributed by atoms with van der Waals surface area (Å²) in [5.41, 5.74) is 11.3. The van der Waals surface area contributed by atoms with Gasteiger partial charge in [0.25, 0.3) is 0 Å². The molecule has 0 saturated heterocycles. The summed E-state index contributed by atoms with van der Waals surface area (Å²) in [5, 5.41) is 12.9. The lowest BCUT2D eigenvalue weighted by molar-refractivity contribution is 0.830. The maximum atomic E-state index is 2.58. The minimum atomic E-state index is 0.256. The van der Waals surface area contributed by atoms with Crippen LogP contribution in [0.2, 0.25) is 0 Å². The lowest BCUT2D eigenvalue weighted by atomic mass is 9.93. The third-order valence-corrected chi connectivity index (χ3v) is 12.0. The second-order valence-electron chi connectivity index (χ2n) is 14.8. The van der Waals surface area contributed by atoms with E-state index in [1.807, 2.05) is 0 Å². The van der Waals surface area contributed by atoms with Crippen LogP contribution in [0, 0.1) is 0 Å². The minimum absolute atomic E-state index is 0.256. The van der Waals surface area contributed by atoms with Crippen LogP contribution in [0.15, 0.2) is 188 Å². The van der Waals surface area contributed by atoms with Crippen LogP contribution >= 0.6 is 0 Å². The first-order valence-corrected chi connectivity index (χ1v) is 18.9. The second-order valence-corrected chi connectivity index (χ2v) is 14.8. The van der Waals surface area contributed by atoms with Gasteiger partial charge < -0.3 is 9.47 Å². The van der Waals surface area contributed by atoms with Gasteiger partial charge in [0, 0.05) is 33.4 Å². The molecule has 2 heterocycles. The molecule has 2 aliphatic rings. The number of allylic oxidation sites excluding steroid dienone is 2. The van der Waals surface area contributed by atoms with Gasteiger partial charge in [-0.2, -0.15) is 0 Å². The van der Waals surface area contributed by atoms with Gasteiger partial charge in [0.1, 0.15) is 0 Å². The van der Waals surface area contributed by atoms with Crippen molar-refractivity contribution < 1.29 is 0 Å². The van der Waals surface area contributed by atoms with E-state index in [0.717, 1.165) is 6.42 Å². The summed E-state index contributed by atoms with van der Waals surface area (Å²) >= 11 is 0. The fourth-order valence-electron chi connectivity index (χ4n) is 9.57. The molecule has 252 valence electrons. The number of hydrogen-bond donors (Lipinski definition) is 0. The second kappa shape index (κ2) is 11.3. The first-order chi connectivity index (χ1) is 26.8. The highest BCUT2D eigenvalue weighted by atomic mass is 15.2. The van der Waals surface area contributed by atoms with E-state index in [0.29, 0.717) is 0 Å². The third-order valence-electron chi connectivity index (χ3n) is 12.0. The molecule has 10 aromatic rings. The molecule has 0 amide bonds. The van der Waals surface area contributed by atoms with Crippen LogP contribution in [0.25, 0.3) is 87.3 Å². The summed E-state index contributed by atoms with van der Waals surface area (Å²) in [6, 6.07) is 63.4. The summed E-state index contributed by atoms with van der Waals surface area (Å²) in [7, 11) is 0. The topological polar surface area (TPSA) is 8.17 Å². The maximum Gasteiger partial charge on any atom is 0.0632 e. The standard InChI is InChI=1S/C52H34N2/c1-2-12-34-29-37(24-21-33(34)11-1)53-49-19-9-7-17-44(49)47-30-35(22-27-51(47)53)36-23-28-52-48(31-36)45-18-8-10-20-50(45)54(52)38-25-26-43-41-15-4-3-13-39(41)40-14-5-6-16-42(40)46(43)32-38/h1-19,21-32,50H,20H2. The number of benzene rings is 9. The highest BCUT2D eigenvalue weighted by Crippen LogP contribution is 2.50. The average Bonchev–Trinajstić information content (AvgIpc) is 3.75. The highest BCUT2D eigenvalue weighted by molar-refractivity contribution is 6.26. The zero-order chi connectivity index (χ0) is 35.3. The van der Waals surface area contributed by atoms with Gasteiger partial charge in [-0.1, -0.05) is 133 Å². The van der Waals surface area contributed by atoms with Gasteiger partial charge >= 0.3 is 0 Å². The molecule has 12 rings (SSSR count). The van der Waals surface area contributed by atoms with Gasteiger partial charge in [0.15, 0.2) is 0 Å². The molecule has 1 aliphatic heterocycles. The van der Waals surface area contributed by atoms with Crippen LogP contribution < -0.4 is 4.90 Å². The number of hydrogen-bond acceptors (Lipinski definition) is 1. The predicted octanol–water partition coefficient (Wildman–Crippen LogP) is 13.9. The van der Waals surface area contributed by atoms with E-state index < -0.39 is 0 Å². The van der Waals surface area contributed by atoms with E-state index in [4.69, 9.17) is 0 Å². The van der Waals surface area contributed by atoms with Crippen molar-refractivity contribution in [3.8, 4) is 16.8 Å². The Labute approximate surface area is 313 Å². The van der Waals surface area contributed by atoms with Crippen LogP contribution in [0.1, 0.15) is 12.0 Å². The van der Waals surface area contributed by atoms with Crippen LogP contribution in [0.3, 0.4) is 0 Å². The largest absolute Gasteiger partial charge is 0.333 e. The van der Waals surface area contributed by atoms with Crippen LogP contribution in [-0.4, -0.2) is 10.6 Å². The monoisotopic (exact) mass is 686 g/mol. The van der Waals surface area contributed by atoms with Crippen molar-refractivity contribution in [3.05, 3.63) is 194 Å². The van der Waals surface area contributed by atoms with Crippen molar-refractivity contribution in [2.24, 2.45) is 0 Å². The zero-order valence-corrected chi connectivity index (χ0v) is 29.6. The lowest BCUT2D eigenvalue weighted by Gasteiger charge is -2.29. The molecule has 2 nitrogen and oxygen atoms in total. The maximum absolute atomic E-state index is 2.58. The molecule has 0 saturated carbocycles. The zero-order valence-electron chi connectivity index (χ0n) is 29.6. The Balaban J connectivity index is 1.00. The summed E-state index contributed by atoms with van der Waals surface area (Å²) in [5.74, 6) is 0. The fraction of sp³-hybridized carbons (Fsp3) is 0.0385. The number of aromatic nitrogens is 1. The van der Waals surface area contributed by atoms with Crippen molar-refractivity contribution in [2.45, 2.75) is 12.5 Å². The van der Waals surface area contributed by atoms with Gasteiger partial charge in [-0.15, -0.1) is 0 Å². The van der Waals surface area contributed by atoms with Gasteiger partial charge in [-0.3, -0.25) is 0 Å². The third kappa shape index (κ3) is 4.22. The van der Waals surface area contributed by atoms with E-state index in [9.17, 15) is 0 Å². The molecule has 0 spiro atoms.